The fourth-order valence-electron chi connectivity index (χ4n) is 1.30. The van der Waals surface area contributed by atoms with Crippen molar-refractivity contribution >= 4 is 5.97 Å². The van der Waals surface area contributed by atoms with Gasteiger partial charge in [0.25, 0.3) is 0 Å². The van der Waals surface area contributed by atoms with Crippen LogP contribution in [0.5, 0.6) is 0 Å². The van der Waals surface area contributed by atoms with E-state index < -0.39 is 5.97 Å². The molecule has 0 radical (unpaired) electrons. The number of hydrogen-bond acceptors (Lipinski definition) is 1. The standard InChI is InChI=1S/C13H20O2/c1-3-5-8-12(9-6-4-2)10-7-11-13(14)15/h3-4,10H,1-2,5-9,11H2,(H,14,15). The summed E-state index contributed by atoms with van der Waals surface area (Å²) in [5.74, 6) is -0.738. The molecule has 0 aliphatic carbocycles. The molecule has 0 unspecified atom stereocenters. The lowest BCUT2D eigenvalue weighted by molar-refractivity contribution is -0.136. The first-order valence-corrected chi connectivity index (χ1v) is 5.32. The van der Waals surface area contributed by atoms with Crippen LogP contribution < -0.4 is 0 Å². The van der Waals surface area contributed by atoms with E-state index in [0.29, 0.717) is 6.42 Å². The third-order valence-corrected chi connectivity index (χ3v) is 2.13. The molecular weight excluding hydrogens is 188 g/mol. The van der Waals surface area contributed by atoms with Crippen molar-refractivity contribution in [3.8, 4) is 0 Å². The van der Waals surface area contributed by atoms with Crippen LogP contribution in [0.25, 0.3) is 0 Å². The molecule has 0 aromatic carbocycles. The molecule has 0 saturated carbocycles. The second-order valence-corrected chi connectivity index (χ2v) is 3.45. The first-order chi connectivity index (χ1) is 7.20. The lowest BCUT2D eigenvalue weighted by Gasteiger charge is -2.04. The Labute approximate surface area is 92.0 Å². The maximum atomic E-state index is 10.3. The van der Waals surface area contributed by atoms with Crippen LogP contribution in [0.2, 0.25) is 0 Å². The Morgan fingerprint density at radius 3 is 1.93 bits per heavy atom. The van der Waals surface area contributed by atoms with Gasteiger partial charge in [-0.1, -0.05) is 23.8 Å². The quantitative estimate of drug-likeness (QED) is 0.586. The minimum absolute atomic E-state index is 0.214. The number of carbonyl (C=O) groups is 1. The molecule has 0 amide bonds. The molecule has 1 N–H and O–H groups in total. The van der Waals surface area contributed by atoms with Gasteiger partial charge < -0.3 is 5.11 Å². The highest BCUT2D eigenvalue weighted by Crippen LogP contribution is 2.14. The molecule has 0 spiro atoms. The van der Waals surface area contributed by atoms with Gasteiger partial charge in [-0.2, -0.15) is 0 Å². The monoisotopic (exact) mass is 208 g/mol. The molecular formula is C13H20O2. The van der Waals surface area contributed by atoms with Gasteiger partial charge in [0.15, 0.2) is 0 Å². The highest BCUT2D eigenvalue weighted by molar-refractivity contribution is 5.66. The molecule has 0 aliphatic rings. The fraction of sp³-hybridized carbons (Fsp3) is 0.462. The molecule has 0 aromatic rings. The van der Waals surface area contributed by atoms with E-state index in [2.05, 4.69) is 13.2 Å². The number of carboxylic acids is 1. The summed E-state index contributed by atoms with van der Waals surface area (Å²) >= 11 is 0. The van der Waals surface area contributed by atoms with Crippen LogP contribution in [0.4, 0.5) is 0 Å². The predicted molar refractivity (Wildman–Crippen MR) is 63.8 cm³/mol. The maximum Gasteiger partial charge on any atom is 0.303 e. The first-order valence-electron chi connectivity index (χ1n) is 5.32. The van der Waals surface area contributed by atoms with E-state index in [-0.39, 0.29) is 6.42 Å². The van der Waals surface area contributed by atoms with Crippen molar-refractivity contribution in [1.82, 2.24) is 0 Å². The Morgan fingerprint density at radius 1 is 1.00 bits per heavy atom. The summed E-state index contributed by atoms with van der Waals surface area (Å²) in [4.78, 5) is 10.3. The molecule has 0 aromatic heterocycles. The van der Waals surface area contributed by atoms with Crippen molar-refractivity contribution in [2.75, 3.05) is 0 Å². The van der Waals surface area contributed by atoms with Crippen LogP contribution >= 0.6 is 0 Å². The number of aliphatic carboxylic acids is 1. The average Bonchev–Trinajstić information content (AvgIpc) is 2.20. The van der Waals surface area contributed by atoms with E-state index in [1.54, 1.807) is 0 Å². The summed E-state index contributed by atoms with van der Waals surface area (Å²) in [6, 6.07) is 0. The summed E-state index contributed by atoms with van der Waals surface area (Å²) in [5, 5.41) is 8.52. The van der Waals surface area contributed by atoms with Crippen molar-refractivity contribution in [3.63, 3.8) is 0 Å². The zero-order valence-electron chi connectivity index (χ0n) is 9.24. The Hall–Kier alpha value is -1.31. The lowest BCUT2D eigenvalue weighted by atomic mass is 10.0. The van der Waals surface area contributed by atoms with Crippen molar-refractivity contribution in [3.05, 3.63) is 37.0 Å². The van der Waals surface area contributed by atoms with Crippen molar-refractivity contribution in [1.29, 1.82) is 0 Å². The number of hydrogen-bond donors (Lipinski definition) is 1. The van der Waals surface area contributed by atoms with E-state index in [1.807, 2.05) is 18.2 Å². The van der Waals surface area contributed by atoms with E-state index >= 15 is 0 Å². The third kappa shape index (κ3) is 9.01. The first kappa shape index (κ1) is 13.7. The molecule has 0 bridgehead atoms. The van der Waals surface area contributed by atoms with Crippen LogP contribution in [-0.4, -0.2) is 11.1 Å². The molecule has 0 aliphatic heterocycles. The van der Waals surface area contributed by atoms with Crippen LogP contribution in [0.1, 0.15) is 38.5 Å². The van der Waals surface area contributed by atoms with Crippen LogP contribution in [0.3, 0.4) is 0 Å². The Balaban J connectivity index is 4.00. The zero-order valence-corrected chi connectivity index (χ0v) is 9.24. The highest BCUT2D eigenvalue weighted by atomic mass is 16.4. The van der Waals surface area contributed by atoms with Gasteiger partial charge in [-0.3, -0.25) is 4.79 Å². The van der Waals surface area contributed by atoms with Gasteiger partial charge >= 0.3 is 5.97 Å². The highest BCUT2D eigenvalue weighted by Gasteiger charge is 1.98. The van der Waals surface area contributed by atoms with Gasteiger partial charge in [0, 0.05) is 6.42 Å². The summed E-state index contributed by atoms with van der Waals surface area (Å²) < 4.78 is 0. The second-order valence-electron chi connectivity index (χ2n) is 3.45. The summed E-state index contributed by atoms with van der Waals surface area (Å²) in [7, 11) is 0. The van der Waals surface area contributed by atoms with E-state index in [1.165, 1.54) is 5.57 Å². The Bertz CT molecular complexity index is 225. The van der Waals surface area contributed by atoms with Gasteiger partial charge in [0.2, 0.25) is 0 Å². The smallest absolute Gasteiger partial charge is 0.303 e. The molecule has 0 fully saturated rings. The molecule has 2 heteroatoms. The van der Waals surface area contributed by atoms with Gasteiger partial charge in [0.1, 0.15) is 0 Å². The number of allylic oxidation sites excluding steroid dienone is 4. The van der Waals surface area contributed by atoms with Crippen LogP contribution in [0.15, 0.2) is 37.0 Å². The molecule has 0 saturated heterocycles. The zero-order chi connectivity index (χ0) is 11.5. The van der Waals surface area contributed by atoms with Crippen LogP contribution in [0, 0.1) is 0 Å². The maximum absolute atomic E-state index is 10.3. The van der Waals surface area contributed by atoms with Gasteiger partial charge in [-0.25, -0.2) is 0 Å². The summed E-state index contributed by atoms with van der Waals surface area (Å²) in [5.41, 5.74) is 1.32. The lowest BCUT2D eigenvalue weighted by Crippen LogP contribution is -1.93. The van der Waals surface area contributed by atoms with Gasteiger partial charge in [-0.15, -0.1) is 13.2 Å². The molecule has 2 nitrogen and oxygen atoms in total. The van der Waals surface area contributed by atoms with Gasteiger partial charge in [-0.05, 0) is 32.1 Å². The number of rotatable bonds is 9. The van der Waals surface area contributed by atoms with E-state index in [0.717, 1.165) is 25.7 Å². The molecule has 0 heterocycles. The SMILES string of the molecule is C=CCCC(=CCCC(=O)O)CCC=C. The van der Waals surface area contributed by atoms with E-state index in [4.69, 9.17) is 5.11 Å². The third-order valence-electron chi connectivity index (χ3n) is 2.13. The van der Waals surface area contributed by atoms with Crippen molar-refractivity contribution < 1.29 is 9.90 Å². The van der Waals surface area contributed by atoms with Crippen molar-refractivity contribution in [2.45, 2.75) is 38.5 Å². The molecule has 15 heavy (non-hydrogen) atoms. The Morgan fingerprint density at radius 2 is 1.53 bits per heavy atom. The molecule has 0 atom stereocenters. The van der Waals surface area contributed by atoms with Crippen molar-refractivity contribution in [2.24, 2.45) is 0 Å². The van der Waals surface area contributed by atoms with Crippen LogP contribution in [-0.2, 0) is 4.79 Å². The molecule has 84 valence electrons. The fourth-order valence-corrected chi connectivity index (χ4v) is 1.30. The minimum Gasteiger partial charge on any atom is -0.481 e. The topological polar surface area (TPSA) is 37.3 Å². The summed E-state index contributed by atoms with van der Waals surface area (Å²) in [6.45, 7) is 7.36. The molecule has 0 rings (SSSR count). The second kappa shape index (κ2) is 9.25. The average molecular weight is 208 g/mol. The minimum atomic E-state index is -0.738. The summed E-state index contributed by atoms with van der Waals surface area (Å²) in [6.07, 6.45) is 10.5. The largest absolute Gasteiger partial charge is 0.481 e. The normalized spacial score (nSPS) is 9.33. The predicted octanol–water partition coefficient (Wildman–Crippen LogP) is 3.71. The van der Waals surface area contributed by atoms with Gasteiger partial charge in [0.05, 0.1) is 0 Å². The van der Waals surface area contributed by atoms with E-state index in [9.17, 15) is 4.79 Å². The Kier molecular flexibility index (Phi) is 8.44. The number of carboxylic acid groups (broad SMARTS) is 1.